The van der Waals surface area contributed by atoms with E-state index in [1.54, 1.807) is 12.4 Å². The largest absolute Gasteiger partial charge is 0.494 e. The zero-order chi connectivity index (χ0) is 25.9. The predicted octanol–water partition coefficient (Wildman–Crippen LogP) is 6.45. The number of ether oxygens (including phenoxy) is 1. The fourth-order valence-electron chi connectivity index (χ4n) is 3.85. The molecular weight excluding hydrogens is 452 g/mol. The van der Waals surface area contributed by atoms with Crippen LogP contribution in [0.5, 0.6) is 5.75 Å². The zero-order valence-corrected chi connectivity index (χ0v) is 21.8. The van der Waals surface area contributed by atoms with Crippen LogP contribution in [-0.2, 0) is 0 Å². The third kappa shape index (κ3) is 6.59. The van der Waals surface area contributed by atoms with Crippen molar-refractivity contribution in [2.75, 3.05) is 25.0 Å². The Balaban J connectivity index is 0.00000176. The number of H-pyrrole nitrogens is 1. The summed E-state index contributed by atoms with van der Waals surface area (Å²) < 4.78 is 5.57. The van der Waals surface area contributed by atoms with E-state index in [0.717, 1.165) is 48.3 Å². The molecule has 1 aromatic carbocycles. The number of hydrogen-bond acceptors (Lipinski definition) is 6. The van der Waals surface area contributed by atoms with E-state index in [9.17, 15) is 4.79 Å². The number of benzene rings is 1. The third-order valence-electron chi connectivity index (χ3n) is 5.34. The molecule has 0 fully saturated rings. The molecule has 0 bridgehead atoms. The Morgan fingerprint density at radius 3 is 2.42 bits per heavy atom. The summed E-state index contributed by atoms with van der Waals surface area (Å²) >= 11 is 0. The van der Waals surface area contributed by atoms with Crippen LogP contribution in [0.25, 0.3) is 22.3 Å². The number of rotatable bonds is 10. The molecule has 190 valence electrons. The van der Waals surface area contributed by atoms with Gasteiger partial charge in [-0.1, -0.05) is 27.7 Å². The summed E-state index contributed by atoms with van der Waals surface area (Å²) in [5.41, 5.74) is 3.75. The molecule has 3 heterocycles. The van der Waals surface area contributed by atoms with Crippen LogP contribution in [0.3, 0.4) is 0 Å². The van der Waals surface area contributed by atoms with Gasteiger partial charge in [0.05, 0.1) is 18.0 Å². The highest BCUT2D eigenvalue weighted by Crippen LogP contribution is 2.24. The first-order valence-corrected chi connectivity index (χ1v) is 12.7. The van der Waals surface area contributed by atoms with E-state index >= 15 is 0 Å². The number of nitrogens with one attached hydrogen (secondary N) is 2. The lowest BCUT2D eigenvalue weighted by molar-refractivity contribution is 0.0750. The Kier molecular flexibility index (Phi) is 9.80. The summed E-state index contributed by atoms with van der Waals surface area (Å²) in [6.07, 6.45) is 5.27. The van der Waals surface area contributed by atoms with Gasteiger partial charge in [0.1, 0.15) is 11.4 Å². The van der Waals surface area contributed by atoms with Gasteiger partial charge in [0.2, 0.25) is 5.95 Å². The predicted molar refractivity (Wildman–Crippen MR) is 146 cm³/mol. The van der Waals surface area contributed by atoms with Crippen molar-refractivity contribution < 1.29 is 9.53 Å². The van der Waals surface area contributed by atoms with Crippen molar-refractivity contribution in [3.8, 4) is 17.1 Å². The summed E-state index contributed by atoms with van der Waals surface area (Å²) in [4.78, 5) is 31.5. The summed E-state index contributed by atoms with van der Waals surface area (Å²) in [5.74, 6) is 1.25. The zero-order valence-electron chi connectivity index (χ0n) is 21.8. The number of nitrogens with zero attached hydrogens (tertiary/aromatic N) is 4. The van der Waals surface area contributed by atoms with Crippen LogP contribution in [0, 0.1) is 0 Å². The second-order valence-electron chi connectivity index (χ2n) is 7.98. The molecule has 2 N–H and O–H groups in total. The molecule has 3 aromatic heterocycles. The minimum absolute atomic E-state index is 0.0345. The molecule has 0 saturated carbocycles. The molecule has 8 nitrogen and oxygen atoms in total. The van der Waals surface area contributed by atoms with Gasteiger partial charge in [-0.25, -0.2) is 9.97 Å². The topological polar surface area (TPSA) is 96.0 Å². The van der Waals surface area contributed by atoms with Crippen molar-refractivity contribution in [2.24, 2.45) is 0 Å². The minimum atomic E-state index is 0.0345. The molecule has 8 heteroatoms. The summed E-state index contributed by atoms with van der Waals surface area (Å²) in [6, 6.07) is 13.3. The van der Waals surface area contributed by atoms with Crippen LogP contribution in [-0.4, -0.2) is 50.4 Å². The van der Waals surface area contributed by atoms with Gasteiger partial charge in [0.25, 0.3) is 5.91 Å². The molecule has 4 aromatic rings. The summed E-state index contributed by atoms with van der Waals surface area (Å²) in [5, 5.41) is 4.21. The van der Waals surface area contributed by atoms with Gasteiger partial charge in [-0.05, 0) is 56.2 Å². The Labute approximate surface area is 213 Å². The molecule has 0 aliphatic rings. The lowest BCUT2D eigenvalue weighted by Gasteiger charge is -2.20. The molecule has 0 aliphatic carbocycles. The summed E-state index contributed by atoms with van der Waals surface area (Å²) in [7, 11) is 0. The Morgan fingerprint density at radius 2 is 1.69 bits per heavy atom. The van der Waals surface area contributed by atoms with Crippen molar-refractivity contribution >= 4 is 28.4 Å². The van der Waals surface area contributed by atoms with E-state index in [1.807, 2.05) is 68.1 Å². The second kappa shape index (κ2) is 13.2. The molecule has 0 unspecified atom stereocenters. The number of anilines is 2. The first-order chi connectivity index (χ1) is 17.6. The number of pyridine rings is 1. The van der Waals surface area contributed by atoms with E-state index in [1.165, 1.54) is 0 Å². The normalized spacial score (nSPS) is 10.5. The van der Waals surface area contributed by atoms with Gasteiger partial charge >= 0.3 is 0 Å². The monoisotopic (exact) mass is 488 g/mol. The Bertz CT molecular complexity index is 1260. The lowest BCUT2D eigenvalue weighted by Crippen LogP contribution is -2.32. The van der Waals surface area contributed by atoms with Crippen molar-refractivity contribution in [1.82, 2.24) is 24.8 Å². The molecule has 0 atom stereocenters. The van der Waals surface area contributed by atoms with Gasteiger partial charge in [0, 0.05) is 48.1 Å². The number of aromatic nitrogens is 4. The van der Waals surface area contributed by atoms with E-state index in [4.69, 9.17) is 4.74 Å². The molecule has 0 spiro atoms. The van der Waals surface area contributed by atoms with Crippen LogP contribution in [0.15, 0.2) is 54.9 Å². The maximum absolute atomic E-state index is 13.0. The Morgan fingerprint density at radius 1 is 0.944 bits per heavy atom. The maximum atomic E-state index is 13.0. The minimum Gasteiger partial charge on any atom is -0.494 e. The van der Waals surface area contributed by atoms with Gasteiger partial charge in [-0.15, -0.1) is 0 Å². The fraction of sp³-hybridized carbons (Fsp3) is 0.357. The highest BCUT2D eigenvalue weighted by atomic mass is 16.5. The van der Waals surface area contributed by atoms with Crippen LogP contribution in [0.2, 0.25) is 0 Å². The first kappa shape index (κ1) is 26.7. The molecule has 1 amide bonds. The average Bonchev–Trinajstić information content (AvgIpc) is 3.33. The van der Waals surface area contributed by atoms with Crippen molar-refractivity contribution in [2.45, 2.75) is 47.5 Å². The number of amides is 1. The number of hydrogen-bond donors (Lipinski definition) is 2. The van der Waals surface area contributed by atoms with Gasteiger partial charge in [-0.2, -0.15) is 0 Å². The van der Waals surface area contributed by atoms with E-state index in [2.05, 4.69) is 39.1 Å². The van der Waals surface area contributed by atoms with Gasteiger partial charge in [0.15, 0.2) is 0 Å². The van der Waals surface area contributed by atoms with Crippen molar-refractivity contribution in [1.29, 1.82) is 0 Å². The summed E-state index contributed by atoms with van der Waals surface area (Å²) in [6.45, 7) is 12.2. The molecule has 0 saturated heterocycles. The molecular formula is C28H36N6O2. The SMILES string of the molecule is CC.CCCN(CCC)C(=O)c1cc2cc(Nc3nccc(-c4cc(OCC)ccn4)n3)ccc2[nH]1. The van der Waals surface area contributed by atoms with E-state index in [-0.39, 0.29) is 5.91 Å². The van der Waals surface area contributed by atoms with Crippen LogP contribution < -0.4 is 10.1 Å². The highest BCUT2D eigenvalue weighted by Gasteiger charge is 2.17. The highest BCUT2D eigenvalue weighted by molar-refractivity contribution is 5.98. The number of fused-ring (bicyclic) bond motifs is 1. The Hall–Kier alpha value is -3.94. The molecule has 0 radical (unpaired) electrons. The number of carbonyl (C=O) groups excluding carboxylic acids is 1. The molecule has 4 rings (SSSR count). The van der Waals surface area contributed by atoms with Gasteiger partial charge in [-0.3, -0.25) is 9.78 Å². The van der Waals surface area contributed by atoms with E-state index in [0.29, 0.717) is 29.6 Å². The maximum Gasteiger partial charge on any atom is 0.270 e. The molecule has 0 aliphatic heterocycles. The lowest BCUT2D eigenvalue weighted by atomic mass is 10.2. The van der Waals surface area contributed by atoms with Crippen molar-refractivity contribution in [3.05, 3.63) is 60.6 Å². The van der Waals surface area contributed by atoms with E-state index < -0.39 is 0 Å². The average molecular weight is 489 g/mol. The second-order valence-corrected chi connectivity index (χ2v) is 7.98. The smallest absolute Gasteiger partial charge is 0.270 e. The molecule has 36 heavy (non-hydrogen) atoms. The third-order valence-corrected chi connectivity index (χ3v) is 5.34. The van der Waals surface area contributed by atoms with Crippen LogP contribution in [0.4, 0.5) is 11.6 Å². The quantitative estimate of drug-likeness (QED) is 0.266. The number of carbonyl (C=O) groups is 1. The van der Waals surface area contributed by atoms with Gasteiger partial charge < -0.3 is 19.9 Å². The first-order valence-electron chi connectivity index (χ1n) is 12.7. The van der Waals surface area contributed by atoms with Crippen molar-refractivity contribution in [3.63, 3.8) is 0 Å². The van der Waals surface area contributed by atoms with Crippen LogP contribution in [0.1, 0.15) is 57.9 Å². The standard InChI is InChI=1S/C26H30N6O2.C2H6/c1-4-13-32(14-5-2)25(33)24-16-18-15-19(7-8-21(18)30-24)29-26-28-12-10-22(31-26)23-17-20(34-6-3)9-11-27-23;1-2/h7-12,15-17,30H,4-6,13-14H2,1-3H3,(H,28,29,31);1-2H3. The van der Waals surface area contributed by atoms with Crippen LogP contribution >= 0.6 is 0 Å². The fourth-order valence-corrected chi connectivity index (χ4v) is 3.85. The number of aromatic amines is 1.